The zero-order valence-corrected chi connectivity index (χ0v) is 15.7. The highest BCUT2D eigenvalue weighted by molar-refractivity contribution is 5.66. The van der Waals surface area contributed by atoms with E-state index in [-0.39, 0.29) is 6.42 Å². The maximum atomic E-state index is 10.7. The van der Waals surface area contributed by atoms with Crippen molar-refractivity contribution in [1.29, 1.82) is 0 Å². The summed E-state index contributed by atoms with van der Waals surface area (Å²) in [7, 11) is 0. The molecule has 4 rings (SSSR count). The molecule has 27 heavy (non-hydrogen) atoms. The molecule has 0 aromatic heterocycles. The van der Waals surface area contributed by atoms with Crippen LogP contribution in [0.3, 0.4) is 0 Å². The van der Waals surface area contributed by atoms with Crippen molar-refractivity contribution in [1.82, 2.24) is 4.90 Å². The maximum absolute atomic E-state index is 10.7. The highest BCUT2D eigenvalue weighted by Gasteiger charge is 2.26. The average Bonchev–Trinajstić information content (AvgIpc) is 2.85. The molecule has 2 aromatic carbocycles. The number of hydrogen-bond acceptors (Lipinski definition) is 3. The molecule has 1 atom stereocenters. The molecule has 1 N–H and O–H groups in total. The second-order valence-electron chi connectivity index (χ2n) is 7.64. The molecule has 1 heterocycles. The second-order valence-corrected chi connectivity index (χ2v) is 7.64. The number of aliphatic carboxylic acids is 1. The first-order valence-electron chi connectivity index (χ1n) is 9.96. The lowest BCUT2D eigenvalue weighted by Gasteiger charge is -2.30. The molecule has 0 bridgehead atoms. The molecule has 0 spiro atoms. The van der Waals surface area contributed by atoms with E-state index in [1.54, 1.807) is 0 Å². The summed E-state index contributed by atoms with van der Waals surface area (Å²) >= 11 is 0. The van der Waals surface area contributed by atoms with Crippen LogP contribution in [0.25, 0.3) is 0 Å². The smallest absolute Gasteiger partial charge is 0.303 e. The number of ether oxygens (including phenoxy) is 1. The van der Waals surface area contributed by atoms with E-state index in [9.17, 15) is 4.79 Å². The first-order valence-corrected chi connectivity index (χ1v) is 9.96. The van der Waals surface area contributed by atoms with E-state index in [2.05, 4.69) is 47.4 Å². The summed E-state index contributed by atoms with van der Waals surface area (Å²) in [5.74, 6) is 0.834. The van der Waals surface area contributed by atoms with Crippen molar-refractivity contribution < 1.29 is 14.6 Å². The van der Waals surface area contributed by atoms with Crippen LogP contribution >= 0.6 is 0 Å². The van der Waals surface area contributed by atoms with Gasteiger partial charge in [0.05, 0.1) is 6.61 Å². The zero-order valence-electron chi connectivity index (χ0n) is 15.7. The predicted octanol–water partition coefficient (Wildman–Crippen LogP) is 3.67. The largest absolute Gasteiger partial charge is 0.493 e. The van der Waals surface area contributed by atoms with Gasteiger partial charge >= 0.3 is 5.97 Å². The van der Waals surface area contributed by atoms with E-state index in [1.165, 1.54) is 22.3 Å². The number of carboxylic acid groups (broad SMARTS) is 1. The monoisotopic (exact) mass is 365 g/mol. The minimum atomic E-state index is -0.707. The molecule has 0 radical (unpaired) electrons. The van der Waals surface area contributed by atoms with Gasteiger partial charge in [0.2, 0.25) is 0 Å². The van der Waals surface area contributed by atoms with Crippen LogP contribution in [0.2, 0.25) is 0 Å². The maximum Gasteiger partial charge on any atom is 0.303 e. The molecule has 1 unspecified atom stereocenters. The van der Waals surface area contributed by atoms with E-state index in [0.717, 1.165) is 57.7 Å². The standard InChI is InChI=1S/C23H27NO3/c25-23(26)9-4-12-24-13-10-17-6-3-8-22(21(17)11-14-24)27-16-19-15-18-5-1-2-7-20(18)19/h1-3,5-8,19H,4,9-16H2,(H,25,26). The second kappa shape index (κ2) is 8.13. The third-order valence-electron chi connectivity index (χ3n) is 5.87. The third kappa shape index (κ3) is 4.16. The topological polar surface area (TPSA) is 49.8 Å². The van der Waals surface area contributed by atoms with Crippen LogP contribution in [-0.2, 0) is 24.1 Å². The molecule has 0 saturated heterocycles. The number of hydrogen-bond donors (Lipinski definition) is 1. The number of benzene rings is 2. The molecule has 2 aliphatic rings. The molecule has 0 saturated carbocycles. The van der Waals surface area contributed by atoms with Gasteiger partial charge in [-0.05, 0) is 60.5 Å². The Balaban J connectivity index is 1.36. The number of nitrogens with zero attached hydrogens (tertiary/aromatic N) is 1. The highest BCUT2D eigenvalue weighted by Crippen LogP contribution is 2.36. The molecule has 142 valence electrons. The summed E-state index contributed by atoms with van der Waals surface area (Å²) in [5, 5.41) is 8.83. The lowest BCUT2D eigenvalue weighted by molar-refractivity contribution is -0.137. The number of fused-ring (bicyclic) bond motifs is 2. The Morgan fingerprint density at radius 1 is 1.07 bits per heavy atom. The van der Waals surface area contributed by atoms with Crippen molar-refractivity contribution in [2.45, 2.75) is 38.0 Å². The zero-order chi connectivity index (χ0) is 18.6. The Morgan fingerprint density at radius 2 is 1.89 bits per heavy atom. The predicted molar refractivity (Wildman–Crippen MR) is 106 cm³/mol. The summed E-state index contributed by atoms with van der Waals surface area (Å²) in [6, 6.07) is 15.1. The Hall–Kier alpha value is -2.33. The quantitative estimate of drug-likeness (QED) is 0.813. The van der Waals surface area contributed by atoms with Crippen molar-refractivity contribution in [2.24, 2.45) is 0 Å². The number of carbonyl (C=O) groups is 1. The molecule has 4 heteroatoms. The highest BCUT2D eigenvalue weighted by atomic mass is 16.5. The summed E-state index contributed by atoms with van der Waals surface area (Å²) in [4.78, 5) is 13.1. The van der Waals surface area contributed by atoms with Crippen LogP contribution in [0.5, 0.6) is 5.75 Å². The normalized spacial score (nSPS) is 18.7. The lowest BCUT2D eigenvalue weighted by atomic mass is 9.78. The van der Waals surface area contributed by atoms with Crippen molar-refractivity contribution in [3.63, 3.8) is 0 Å². The first-order chi connectivity index (χ1) is 13.2. The van der Waals surface area contributed by atoms with E-state index >= 15 is 0 Å². The summed E-state index contributed by atoms with van der Waals surface area (Å²) in [5.41, 5.74) is 5.60. The molecule has 2 aromatic rings. The fraction of sp³-hybridized carbons (Fsp3) is 0.435. The van der Waals surface area contributed by atoms with E-state index in [4.69, 9.17) is 9.84 Å². The van der Waals surface area contributed by atoms with E-state index in [0.29, 0.717) is 5.92 Å². The van der Waals surface area contributed by atoms with Crippen LogP contribution in [0.1, 0.15) is 41.0 Å². The Morgan fingerprint density at radius 3 is 2.74 bits per heavy atom. The fourth-order valence-electron chi connectivity index (χ4n) is 4.30. The molecular formula is C23H27NO3. The van der Waals surface area contributed by atoms with Crippen LogP contribution < -0.4 is 4.74 Å². The molecule has 0 amide bonds. The minimum absolute atomic E-state index is 0.251. The van der Waals surface area contributed by atoms with Gasteiger partial charge in [0.1, 0.15) is 5.75 Å². The first kappa shape index (κ1) is 18.1. The van der Waals surface area contributed by atoms with Crippen LogP contribution in [0.4, 0.5) is 0 Å². The van der Waals surface area contributed by atoms with Crippen LogP contribution in [0, 0.1) is 0 Å². The summed E-state index contributed by atoms with van der Waals surface area (Å²) < 4.78 is 6.27. The van der Waals surface area contributed by atoms with E-state index in [1.807, 2.05) is 0 Å². The van der Waals surface area contributed by atoms with Crippen molar-refractivity contribution in [3.8, 4) is 5.75 Å². The van der Waals surface area contributed by atoms with Gasteiger partial charge in [-0.1, -0.05) is 36.4 Å². The van der Waals surface area contributed by atoms with Gasteiger partial charge < -0.3 is 14.7 Å². The molecule has 4 nitrogen and oxygen atoms in total. The molecular weight excluding hydrogens is 338 g/mol. The van der Waals surface area contributed by atoms with Gasteiger partial charge in [-0.2, -0.15) is 0 Å². The van der Waals surface area contributed by atoms with Crippen molar-refractivity contribution in [3.05, 3.63) is 64.7 Å². The Labute approximate surface area is 160 Å². The molecule has 1 aliphatic heterocycles. The van der Waals surface area contributed by atoms with Gasteiger partial charge in [0.25, 0.3) is 0 Å². The van der Waals surface area contributed by atoms with Gasteiger partial charge in [0.15, 0.2) is 0 Å². The Kier molecular flexibility index (Phi) is 5.44. The Bertz CT molecular complexity index is 817. The fourth-order valence-corrected chi connectivity index (χ4v) is 4.30. The van der Waals surface area contributed by atoms with Gasteiger partial charge in [-0.3, -0.25) is 4.79 Å². The number of rotatable bonds is 7. The lowest BCUT2D eigenvalue weighted by Crippen LogP contribution is -2.28. The van der Waals surface area contributed by atoms with Gasteiger partial charge in [0, 0.05) is 25.4 Å². The van der Waals surface area contributed by atoms with E-state index < -0.39 is 5.97 Å². The third-order valence-corrected chi connectivity index (χ3v) is 5.87. The number of carboxylic acids is 1. The molecule has 0 fully saturated rings. The average molecular weight is 365 g/mol. The van der Waals surface area contributed by atoms with Gasteiger partial charge in [-0.25, -0.2) is 0 Å². The van der Waals surface area contributed by atoms with Gasteiger partial charge in [-0.15, -0.1) is 0 Å². The minimum Gasteiger partial charge on any atom is -0.493 e. The summed E-state index contributed by atoms with van der Waals surface area (Å²) in [6.45, 7) is 3.57. The SMILES string of the molecule is O=C(O)CCCN1CCc2cccc(OCC3Cc4ccccc43)c2CC1. The van der Waals surface area contributed by atoms with Crippen molar-refractivity contribution in [2.75, 3.05) is 26.2 Å². The van der Waals surface area contributed by atoms with Crippen molar-refractivity contribution >= 4 is 5.97 Å². The summed E-state index contributed by atoms with van der Waals surface area (Å²) in [6.07, 6.45) is 4.06. The van der Waals surface area contributed by atoms with Crippen LogP contribution in [-0.4, -0.2) is 42.2 Å². The molecule has 1 aliphatic carbocycles. The van der Waals surface area contributed by atoms with Crippen LogP contribution in [0.15, 0.2) is 42.5 Å².